The van der Waals surface area contributed by atoms with Gasteiger partial charge in [0.2, 0.25) is 0 Å². The lowest BCUT2D eigenvalue weighted by Gasteiger charge is -2.22. The van der Waals surface area contributed by atoms with Gasteiger partial charge < -0.3 is 14.5 Å². The minimum atomic E-state index is -0.280. The molecule has 0 bridgehead atoms. The van der Waals surface area contributed by atoms with Crippen LogP contribution in [0.5, 0.6) is 0 Å². The Morgan fingerprint density at radius 3 is 2.50 bits per heavy atom. The monoisotopic (exact) mass is 248 g/mol. The van der Waals surface area contributed by atoms with Crippen molar-refractivity contribution in [1.29, 1.82) is 0 Å². The molecule has 18 heavy (non-hydrogen) atoms. The van der Waals surface area contributed by atoms with Crippen LogP contribution in [0.15, 0.2) is 24.3 Å². The molecule has 2 rings (SSSR count). The molecular formula is C14H20N2O2. The number of hydrogen-bond acceptors (Lipinski definition) is 4. The number of likely N-dealkylation sites (N-methyl/N-ethyl adjacent to an activating group) is 1. The SMILES string of the molecule is COC(=O)c1ccc(N2CCCN(C)CC2)cc1. The minimum absolute atomic E-state index is 0.280. The van der Waals surface area contributed by atoms with E-state index in [4.69, 9.17) is 4.74 Å². The average molecular weight is 248 g/mol. The Kier molecular flexibility index (Phi) is 4.20. The number of hydrogen-bond donors (Lipinski definition) is 0. The maximum Gasteiger partial charge on any atom is 0.337 e. The van der Waals surface area contributed by atoms with Crippen molar-refractivity contribution in [3.05, 3.63) is 29.8 Å². The Morgan fingerprint density at radius 1 is 1.11 bits per heavy atom. The fourth-order valence-corrected chi connectivity index (χ4v) is 2.23. The zero-order chi connectivity index (χ0) is 13.0. The van der Waals surface area contributed by atoms with Crippen molar-refractivity contribution in [3.8, 4) is 0 Å². The van der Waals surface area contributed by atoms with E-state index in [1.807, 2.05) is 24.3 Å². The molecule has 4 heteroatoms. The van der Waals surface area contributed by atoms with Gasteiger partial charge in [-0.2, -0.15) is 0 Å². The topological polar surface area (TPSA) is 32.8 Å². The van der Waals surface area contributed by atoms with Gasteiger partial charge in [0.1, 0.15) is 0 Å². The molecule has 1 fully saturated rings. The number of ether oxygens (including phenoxy) is 1. The molecule has 0 spiro atoms. The van der Waals surface area contributed by atoms with Gasteiger partial charge in [-0.15, -0.1) is 0 Å². The van der Waals surface area contributed by atoms with Crippen LogP contribution in [0.4, 0.5) is 5.69 Å². The summed E-state index contributed by atoms with van der Waals surface area (Å²) in [6.45, 7) is 4.34. The predicted octanol–water partition coefficient (Wildman–Crippen LogP) is 1.62. The number of nitrogens with zero attached hydrogens (tertiary/aromatic N) is 2. The van der Waals surface area contributed by atoms with Crippen LogP contribution < -0.4 is 4.90 Å². The predicted molar refractivity (Wildman–Crippen MR) is 72.1 cm³/mol. The summed E-state index contributed by atoms with van der Waals surface area (Å²) in [4.78, 5) is 16.1. The van der Waals surface area contributed by atoms with Crippen LogP contribution in [-0.2, 0) is 4.74 Å². The van der Waals surface area contributed by atoms with Crippen LogP contribution in [0.1, 0.15) is 16.8 Å². The van der Waals surface area contributed by atoms with Crippen molar-refractivity contribution in [2.75, 3.05) is 45.2 Å². The molecule has 4 nitrogen and oxygen atoms in total. The fraction of sp³-hybridized carbons (Fsp3) is 0.500. The van der Waals surface area contributed by atoms with Gasteiger partial charge >= 0.3 is 5.97 Å². The molecule has 98 valence electrons. The highest BCUT2D eigenvalue weighted by Gasteiger charge is 2.13. The molecule has 0 atom stereocenters. The maximum atomic E-state index is 11.4. The molecule has 1 aromatic rings. The lowest BCUT2D eigenvalue weighted by molar-refractivity contribution is 0.0601. The molecular weight excluding hydrogens is 228 g/mol. The van der Waals surface area contributed by atoms with Gasteiger partial charge in [-0.3, -0.25) is 0 Å². The van der Waals surface area contributed by atoms with Gasteiger partial charge in [0, 0.05) is 25.3 Å². The highest BCUT2D eigenvalue weighted by Crippen LogP contribution is 2.17. The number of rotatable bonds is 2. The molecule has 0 saturated carbocycles. The van der Waals surface area contributed by atoms with Crippen LogP contribution in [0, 0.1) is 0 Å². The highest BCUT2D eigenvalue weighted by atomic mass is 16.5. The second-order valence-electron chi connectivity index (χ2n) is 4.68. The largest absolute Gasteiger partial charge is 0.465 e. The van der Waals surface area contributed by atoms with E-state index in [2.05, 4.69) is 16.8 Å². The summed E-state index contributed by atoms with van der Waals surface area (Å²) >= 11 is 0. The summed E-state index contributed by atoms with van der Waals surface area (Å²) in [5.74, 6) is -0.280. The van der Waals surface area contributed by atoms with Crippen molar-refractivity contribution < 1.29 is 9.53 Å². The second kappa shape index (κ2) is 5.87. The Bertz CT molecular complexity index is 403. The van der Waals surface area contributed by atoms with E-state index in [0.717, 1.165) is 26.2 Å². The Labute approximate surface area is 108 Å². The molecule has 0 unspecified atom stereocenters. The normalized spacial score (nSPS) is 17.3. The third kappa shape index (κ3) is 3.01. The maximum absolute atomic E-state index is 11.4. The molecule has 1 aliphatic rings. The number of anilines is 1. The first-order valence-corrected chi connectivity index (χ1v) is 6.32. The van der Waals surface area contributed by atoms with E-state index in [-0.39, 0.29) is 5.97 Å². The molecule has 0 amide bonds. The van der Waals surface area contributed by atoms with E-state index in [1.54, 1.807) is 0 Å². The zero-order valence-electron chi connectivity index (χ0n) is 11.1. The van der Waals surface area contributed by atoms with Crippen LogP contribution in [0.25, 0.3) is 0 Å². The van der Waals surface area contributed by atoms with Crippen molar-refractivity contribution in [3.63, 3.8) is 0 Å². The Hall–Kier alpha value is -1.55. The van der Waals surface area contributed by atoms with Gasteiger partial charge in [0.15, 0.2) is 0 Å². The second-order valence-corrected chi connectivity index (χ2v) is 4.68. The van der Waals surface area contributed by atoms with Crippen LogP contribution in [-0.4, -0.2) is 51.2 Å². The lowest BCUT2D eigenvalue weighted by atomic mass is 10.2. The number of methoxy groups -OCH3 is 1. The van der Waals surface area contributed by atoms with Crippen LogP contribution in [0.3, 0.4) is 0 Å². The third-order valence-corrected chi connectivity index (χ3v) is 3.37. The summed E-state index contributed by atoms with van der Waals surface area (Å²) in [7, 11) is 3.56. The van der Waals surface area contributed by atoms with E-state index < -0.39 is 0 Å². The molecule has 1 aliphatic heterocycles. The smallest absolute Gasteiger partial charge is 0.337 e. The molecule has 0 radical (unpaired) electrons. The zero-order valence-corrected chi connectivity index (χ0v) is 11.1. The fourth-order valence-electron chi connectivity index (χ4n) is 2.23. The summed E-state index contributed by atoms with van der Waals surface area (Å²) in [6.07, 6.45) is 1.18. The number of carbonyl (C=O) groups is 1. The minimum Gasteiger partial charge on any atom is -0.465 e. The molecule has 1 heterocycles. The van der Waals surface area contributed by atoms with Gasteiger partial charge in [-0.1, -0.05) is 0 Å². The van der Waals surface area contributed by atoms with Gasteiger partial charge in [0.25, 0.3) is 0 Å². The molecule has 0 aromatic heterocycles. The number of esters is 1. The summed E-state index contributed by atoms with van der Waals surface area (Å²) in [5, 5.41) is 0. The van der Waals surface area contributed by atoms with Gasteiger partial charge in [-0.05, 0) is 44.3 Å². The Balaban J connectivity index is 2.06. The van der Waals surface area contributed by atoms with E-state index in [0.29, 0.717) is 5.56 Å². The lowest BCUT2D eigenvalue weighted by Crippen LogP contribution is -2.28. The number of benzene rings is 1. The first-order valence-electron chi connectivity index (χ1n) is 6.32. The van der Waals surface area contributed by atoms with Gasteiger partial charge in [-0.25, -0.2) is 4.79 Å². The molecule has 1 saturated heterocycles. The van der Waals surface area contributed by atoms with E-state index >= 15 is 0 Å². The van der Waals surface area contributed by atoms with Gasteiger partial charge in [0.05, 0.1) is 12.7 Å². The third-order valence-electron chi connectivity index (χ3n) is 3.37. The Morgan fingerprint density at radius 2 is 1.83 bits per heavy atom. The number of carbonyl (C=O) groups excluding carboxylic acids is 1. The summed E-state index contributed by atoms with van der Waals surface area (Å²) in [6, 6.07) is 7.65. The van der Waals surface area contributed by atoms with E-state index in [1.165, 1.54) is 19.2 Å². The van der Waals surface area contributed by atoms with Crippen LogP contribution in [0.2, 0.25) is 0 Å². The average Bonchev–Trinajstić information content (AvgIpc) is 2.63. The quantitative estimate of drug-likeness (QED) is 0.745. The van der Waals surface area contributed by atoms with Crippen molar-refractivity contribution in [2.24, 2.45) is 0 Å². The summed E-state index contributed by atoms with van der Waals surface area (Å²) < 4.78 is 4.70. The van der Waals surface area contributed by atoms with Crippen molar-refractivity contribution in [1.82, 2.24) is 4.90 Å². The molecule has 1 aromatic carbocycles. The first kappa shape index (κ1) is 12.9. The molecule has 0 aliphatic carbocycles. The van der Waals surface area contributed by atoms with Crippen molar-refractivity contribution >= 4 is 11.7 Å². The standard InChI is InChI=1S/C14H20N2O2/c1-15-8-3-9-16(11-10-15)13-6-4-12(5-7-13)14(17)18-2/h4-7H,3,8-11H2,1-2H3. The first-order chi connectivity index (χ1) is 8.70. The summed E-state index contributed by atoms with van der Waals surface area (Å²) in [5.41, 5.74) is 1.78. The van der Waals surface area contributed by atoms with E-state index in [9.17, 15) is 4.79 Å². The van der Waals surface area contributed by atoms with Crippen molar-refractivity contribution in [2.45, 2.75) is 6.42 Å². The highest BCUT2D eigenvalue weighted by molar-refractivity contribution is 5.89. The molecule has 0 N–H and O–H groups in total. The van der Waals surface area contributed by atoms with Crippen LogP contribution >= 0.6 is 0 Å².